The van der Waals surface area contributed by atoms with Gasteiger partial charge in [-0.05, 0) is 6.42 Å². The number of rotatable bonds is 1. The Labute approximate surface area is 85.3 Å². The van der Waals surface area contributed by atoms with Crippen molar-refractivity contribution in [3.63, 3.8) is 0 Å². The van der Waals surface area contributed by atoms with Crippen molar-refractivity contribution in [2.24, 2.45) is 0 Å². The number of β-amino-alcohol motifs (C(OH)–C–C–N with tert-alkyl or cyclic N) is 1. The first-order chi connectivity index (χ1) is 6.68. The van der Waals surface area contributed by atoms with Gasteiger partial charge in [0.1, 0.15) is 5.02 Å². The lowest BCUT2D eigenvalue weighted by atomic mass is 10.3. The maximum absolute atomic E-state index is 11.1. The second-order valence-corrected chi connectivity index (χ2v) is 3.66. The normalized spacial score (nSPS) is 21.6. The first kappa shape index (κ1) is 9.48. The molecule has 1 atom stereocenters. The highest BCUT2D eigenvalue weighted by atomic mass is 35.5. The van der Waals surface area contributed by atoms with Crippen LogP contribution in [-0.4, -0.2) is 34.5 Å². The van der Waals surface area contributed by atoms with Gasteiger partial charge in [0, 0.05) is 13.1 Å². The fraction of sp³-hybridized carbons (Fsp3) is 0.500. The molecule has 2 N–H and O–H groups in total. The van der Waals surface area contributed by atoms with Crippen molar-refractivity contribution >= 4 is 17.3 Å². The number of hydrogen-bond acceptors (Lipinski definition) is 4. The minimum Gasteiger partial charge on any atom is -0.391 e. The largest absolute Gasteiger partial charge is 0.391 e. The number of nitrogens with zero attached hydrogens (tertiary/aromatic N) is 2. The lowest BCUT2D eigenvalue weighted by Gasteiger charge is -2.17. The number of nitrogens with one attached hydrogen (secondary N) is 1. The summed E-state index contributed by atoms with van der Waals surface area (Å²) < 4.78 is 0. The van der Waals surface area contributed by atoms with Gasteiger partial charge in [0.15, 0.2) is 0 Å². The summed E-state index contributed by atoms with van der Waals surface area (Å²) in [4.78, 5) is 13.0. The van der Waals surface area contributed by atoms with Crippen LogP contribution in [0.4, 0.5) is 5.69 Å². The van der Waals surface area contributed by atoms with E-state index in [0.717, 1.165) is 0 Å². The minimum atomic E-state index is -0.398. The number of anilines is 1. The maximum Gasteiger partial charge on any atom is 0.285 e. The first-order valence-electron chi connectivity index (χ1n) is 4.34. The Morgan fingerprint density at radius 1 is 1.71 bits per heavy atom. The average Bonchev–Trinajstić information content (AvgIpc) is 2.57. The zero-order chi connectivity index (χ0) is 10.1. The van der Waals surface area contributed by atoms with Gasteiger partial charge in [-0.1, -0.05) is 11.6 Å². The van der Waals surface area contributed by atoms with Crippen molar-refractivity contribution in [2.45, 2.75) is 12.5 Å². The molecular weight excluding hydrogens is 206 g/mol. The summed E-state index contributed by atoms with van der Waals surface area (Å²) in [6, 6.07) is 0. The van der Waals surface area contributed by atoms with Crippen molar-refractivity contribution in [1.29, 1.82) is 0 Å². The van der Waals surface area contributed by atoms with E-state index in [1.807, 2.05) is 4.90 Å². The number of aliphatic hydroxyl groups excluding tert-OH is 1. The van der Waals surface area contributed by atoms with Crippen LogP contribution in [0.15, 0.2) is 11.0 Å². The number of aliphatic hydroxyl groups is 1. The third kappa shape index (κ3) is 1.60. The Balaban J connectivity index is 2.33. The van der Waals surface area contributed by atoms with Gasteiger partial charge in [0.2, 0.25) is 0 Å². The zero-order valence-corrected chi connectivity index (χ0v) is 8.16. The molecule has 5 nitrogen and oxygen atoms in total. The molecule has 2 rings (SSSR count). The first-order valence-corrected chi connectivity index (χ1v) is 4.72. The van der Waals surface area contributed by atoms with Gasteiger partial charge in [-0.3, -0.25) is 4.79 Å². The second-order valence-electron chi connectivity index (χ2n) is 3.29. The van der Waals surface area contributed by atoms with Gasteiger partial charge >= 0.3 is 0 Å². The molecule has 2 heterocycles. The van der Waals surface area contributed by atoms with E-state index in [2.05, 4.69) is 10.2 Å². The van der Waals surface area contributed by atoms with Crippen LogP contribution in [0, 0.1) is 0 Å². The van der Waals surface area contributed by atoms with Crippen LogP contribution in [0.2, 0.25) is 5.02 Å². The van der Waals surface area contributed by atoms with E-state index in [9.17, 15) is 9.90 Å². The lowest BCUT2D eigenvalue weighted by Crippen LogP contribution is -2.24. The van der Waals surface area contributed by atoms with Gasteiger partial charge in [-0.2, -0.15) is 5.10 Å². The smallest absolute Gasteiger partial charge is 0.285 e. The number of hydrogen-bond donors (Lipinski definition) is 2. The van der Waals surface area contributed by atoms with Gasteiger partial charge in [-0.25, -0.2) is 5.10 Å². The minimum absolute atomic E-state index is 0.133. The lowest BCUT2D eigenvalue weighted by molar-refractivity contribution is 0.198. The molecule has 14 heavy (non-hydrogen) atoms. The van der Waals surface area contributed by atoms with E-state index in [1.165, 1.54) is 6.20 Å². The quantitative estimate of drug-likeness (QED) is 0.692. The molecule has 1 saturated heterocycles. The van der Waals surface area contributed by atoms with Crippen molar-refractivity contribution in [3.8, 4) is 0 Å². The van der Waals surface area contributed by atoms with E-state index in [-0.39, 0.29) is 11.1 Å². The summed E-state index contributed by atoms with van der Waals surface area (Å²) in [5.41, 5.74) is 0.192. The average molecular weight is 216 g/mol. The summed E-state index contributed by atoms with van der Waals surface area (Å²) in [6.07, 6.45) is 1.86. The molecule has 6 heteroatoms. The Morgan fingerprint density at radius 3 is 3.14 bits per heavy atom. The van der Waals surface area contributed by atoms with Gasteiger partial charge in [-0.15, -0.1) is 0 Å². The van der Waals surface area contributed by atoms with Crippen LogP contribution in [0.3, 0.4) is 0 Å². The van der Waals surface area contributed by atoms with Crippen molar-refractivity contribution < 1.29 is 5.11 Å². The number of halogens is 1. The van der Waals surface area contributed by atoms with Crippen molar-refractivity contribution in [3.05, 3.63) is 21.6 Å². The molecule has 1 aliphatic heterocycles. The predicted octanol–water partition coefficient (Wildman–Crippen LogP) is -0.00570. The van der Waals surface area contributed by atoms with E-state index in [0.29, 0.717) is 25.2 Å². The molecule has 0 radical (unpaired) electrons. The van der Waals surface area contributed by atoms with E-state index >= 15 is 0 Å². The Hall–Kier alpha value is -1.07. The molecule has 76 valence electrons. The molecule has 1 aromatic heterocycles. The zero-order valence-electron chi connectivity index (χ0n) is 7.40. The summed E-state index contributed by atoms with van der Waals surface area (Å²) in [7, 11) is 0. The number of H-pyrrole nitrogens is 1. The Bertz CT molecular complexity index is 392. The fourth-order valence-corrected chi connectivity index (χ4v) is 1.77. The van der Waals surface area contributed by atoms with Crippen molar-refractivity contribution in [2.75, 3.05) is 18.0 Å². The van der Waals surface area contributed by atoms with E-state index in [1.54, 1.807) is 0 Å². The third-order valence-electron chi connectivity index (χ3n) is 2.28. The Kier molecular flexibility index (Phi) is 2.43. The van der Waals surface area contributed by atoms with Crippen LogP contribution in [0.25, 0.3) is 0 Å². The molecule has 0 aliphatic carbocycles. The standard InChI is InChI=1S/C8H10ClN3O2/c9-7-6(3-10-11-8(7)14)12-2-1-5(13)4-12/h3,5,13H,1-2,4H2,(H,11,14)/t5-/m1/s1. The molecule has 0 bridgehead atoms. The van der Waals surface area contributed by atoms with Crippen LogP contribution in [-0.2, 0) is 0 Å². The fourth-order valence-electron chi connectivity index (χ4n) is 1.56. The molecular formula is C8H10ClN3O2. The van der Waals surface area contributed by atoms with E-state index in [4.69, 9.17) is 11.6 Å². The van der Waals surface area contributed by atoms with Crippen molar-refractivity contribution in [1.82, 2.24) is 10.2 Å². The SMILES string of the molecule is O=c1[nH]ncc(N2CC[C@@H](O)C2)c1Cl. The number of aromatic nitrogens is 2. The highest BCUT2D eigenvalue weighted by molar-refractivity contribution is 6.33. The summed E-state index contributed by atoms with van der Waals surface area (Å²) in [5, 5.41) is 15.4. The van der Waals surface area contributed by atoms with Crippen LogP contribution < -0.4 is 10.5 Å². The topological polar surface area (TPSA) is 69.2 Å². The van der Waals surface area contributed by atoms with Gasteiger partial charge < -0.3 is 10.0 Å². The highest BCUT2D eigenvalue weighted by Gasteiger charge is 2.23. The molecule has 0 amide bonds. The molecule has 0 spiro atoms. The summed E-state index contributed by atoms with van der Waals surface area (Å²) in [5.74, 6) is 0. The highest BCUT2D eigenvalue weighted by Crippen LogP contribution is 2.24. The third-order valence-corrected chi connectivity index (χ3v) is 2.65. The Morgan fingerprint density at radius 2 is 2.50 bits per heavy atom. The maximum atomic E-state index is 11.1. The van der Waals surface area contributed by atoms with Crippen LogP contribution in [0.5, 0.6) is 0 Å². The molecule has 1 aromatic rings. The molecule has 1 fully saturated rings. The predicted molar refractivity (Wildman–Crippen MR) is 52.7 cm³/mol. The van der Waals surface area contributed by atoms with E-state index < -0.39 is 5.56 Å². The monoisotopic (exact) mass is 215 g/mol. The summed E-state index contributed by atoms with van der Waals surface area (Å²) >= 11 is 5.81. The van der Waals surface area contributed by atoms with Crippen LogP contribution in [0.1, 0.15) is 6.42 Å². The van der Waals surface area contributed by atoms with Gasteiger partial charge in [0.05, 0.1) is 18.0 Å². The summed E-state index contributed by atoms with van der Waals surface area (Å²) in [6.45, 7) is 1.21. The molecule has 0 unspecified atom stereocenters. The second kappa shape index (κ2) is 3.59. The number of aromatic amines is 1. The van der Waals surface area contributed by atoms with Crippen LogP contribution >= 0.6 is 11.6 Å². The molecule has 1 aliphatic rings. The van der Waals surface area contributed by atoms with Gasteiger partial charge in [0.25, 0.3) is 5.56 Å². The molecule has 0 saturated carbocycles. The molecule has 0 aromatic carbocycles.